The maximum Gasteiger partial charge on any atom is 0.188 e. The summed E-state index contributed by atoms with van der Waals surface area (Å²) in [5, 5.41) is 0.357. The van der Waals surface area contributed by atoms with Crippen LogP contribution in [0.1, 0.15) is 39.5 Å². The lowest BCUT2D eigenvalue weighted by atomic mass is 10.4. The average Bonchev–Trinajstić information content (AvgIpc) is 1.89. The molecule has 0 atom stereocenters. The predicted octanol–water partition coefficient (Wildman–Crippen LogP) is 2.85. The third-order valence-corrected chi connectivity index (χ3v) is 2.23. The molecule has 0 N–H and O–H groups in total. The molecular formula is C8H16OS. The van der Waals surface area contributed by atoms with Gasteiger partial charge < -0.3 is 0 Å². The summed E-state index contributed by atoms with van der Waals surface area (Å²) < 4.78 is 0. The second-order valence-electron chi connectivity index (χ2n) is 2.32. The average molecular weight is 160 g/mol. The van der Waals surface area contributed by atoms with E-state index in [4.69, 9.17) is 0 Å². The molecule has 1 nitrogen and oxygen atoms in total. The molecular weight excluding hydrogens is 144 g/mol. The molecule has 0 aliphatic rings. The van der Waals surface area contributed by atoms with E-state index in [9.17, 15) is 4.79 Å². The van der Waals surface area contributed by atoms with Gasteiger partial charge in [0.25, 0.3) is 0 Å². The van der Waals surface area contributed by atoms with Crippen molar-refractivity contribution in [1.29, 1.82) is 0 Å². The van der Waals surface area contributed by atoms with Gasteiger partial charge in [-0.05, 0) is 12.8 Å². The second-order valence-corrected chi connectivity index (χ2v) is 3.48. The molecule has 0 aliphatic carbocycles. The van der Waals surface area contributed by atoms with Crippen LogP contribution in [-0.2, 0) is 4.79 Å². The molecule has 0 rings (SSSR count). The lowest BCUT2D eigenvalue weighted by Crippen LogP contribution is -1.91. The van der Waals surface area contributed by atoms with Gasteiger partial charge in [-0.3, -0.25) is 4.79 Å². The molecule has 0 saturated carbocycles. The Morgan fingerprint density at radius 3 is 2.50 bits per heavy atom. The van der Waals surface area contributed by atoms with Crippen molar-refractivity contribution in [3.8, 4) is 0 Å². The Bertz CT molecular complexity index is 91.3. The highest BCUT2D eigenvalue weighted by molar-refractivity contribution is 8.13. The van der Waals surface area contributed by atoms with E-state index in [0.29, 0.717) is 5.12 Å². The Kier molecular flexibility index (Phi) is 7.15. The van der Waals surface area contributed by atoms with Crippen molar-refractivity contribution in [2.75, 3.05) is 5.75 Å². The summed E-state index contributed by atoms with van der Waals surface area (Å²) in [6.07, 6.45) is 4.08. The van der Waals surface area contributed by atoms with Crippen LogP contribution in [0.15, 0.2) is 0 Å². The second kappa shape index (κ2) is 7.13. The minimum atomic E-state index is 0.357. The van der Waals surface area contributed by atoms with Gasteiger partial charge in [0.2, 0.25) is 0 Å². The van der Waals surface area contributed by atoms with Crippen molar-refractivity contribution in [3.63, 3.8) is 0 Å². The summed E-state index contributed by atoms with van der Waals surface area (Å²) >= 11 is 1.49. The van der Waals surface area contributed by atoms with Crippen molar-refractivity contribution >= 4 is 16.9 Å². The van der Waals surface area contributed by atoms with Crippen LogP contribution < -0.4 is 0 Å². The molecule has 60 valence electrons. The zero-order valence-corrected chi connectivity index (χ0v) is 7.67. The Hall–Kier alpha value is 0.0200. The van der Waals surface area contributed by atoms with E-state index in [0.717, 1.165) is 18.6 Å². The predicted molar refractivity (Wildman–Crippen MR) is 47.3 cm³/mol. The molecule has 0 aromatic rings. The highest BCUT2D eigenvalue weighted by Gasteiger charge is 1.98. The van der Waals surface area contributed by atoms with Crippen LogP contribution >= 0.6 is 11.8 Å². The van der Waals surface area contributed by atoms with Crippen molar-refractivity contribution in [2.45, 2.75) is 39.5 Å². The number of hydrogen-bond acceptors (Lipinski definition) is 2. The van der Waals surface area contributed by atoms with Gasteiger partial charge in [-0.25, -0.2) is 0 Å². The van der Waals surface area contributed by atoms with Gasteiger partial charge >= 0.3 is 0 Å². The van der Waals surface area contributed by atoms with Crippen molar-refractivity contribution < 1.29 is 4.79 Å². The van der Waals surface area contributed by atoms with Crippen LogP contribution in [0.2, 0.25) is 0 Å². The largest absolute Gasteiger partial charge is 0.287 e. The highest BCUT2D eigenvalue weighted by Crippen LogP contribution is 2.09. The zero-order valence-electron chi connectivity index (χ0n) is 6.85. The molecule has 10 heavy (non-hydrogen) atoms. The van der Waals surface area contributed by atoms with Gasteiger partial charge in [-0.15, -0.1) is 0 Å². The van der Waals surface area contributed by atoms with E-state index in [1.165, 1.54) is 24.6 Å². The summed E-state index contributed by atoms with van der Waals surface area (Å²) in [6.45, 7) is 4.18. The summed E-state index contributed by atoms with van der Waals surface area (Å²) in [5.74, 6) is 1.01. The fourth-order valence-electron chi connectivity index (χ4n) is 0.607. The summed E-state index contributed by atoms with van der Waals surface area (Å²) in [5.41, 5.74) is 0. The molecule has 0 aromatic heterocycles. The normalized spacial score (nSPS) is 9.80. The number of hydrogen-bond donors (Lipinski definition) is 0. The SMILES string of the molecule is CCCCSC(=O)CCC. The van der Waals surface area contributed by atoms with Gasteiger partial charge in [0.1, 0.15) is 0 Å². The van der Waals surface area contributed by atoms with E-state index in [-0.39, 0.29) is 0 Å². The van der Waals surface area contributed by atoms with Crippen LogP contribution in [0, 0.1) is 0 Å². The third kappa shape index (κ3) is 6.14. The Morgan fingerprint density at radius 2 is 2.00 bits per heavy atom. The molecule has 0 fully saturated rings. The molecule has 0 heterocycles. The van der Waals surface area contributed by atoms with Crippen LogP contribution in [-0.4, -0.2) is 10.9 Å². The molecule has 0 aliphatic heterocycles. The smallest absolute Gasteiger partial charge is 0.188 e. The van der Waals surface area contributed by atoms with E-state index < -0.39 is 0 Å². The summed E-state index contributed by atoms with van der Waals surface area (Å²) in [7, 11) is 0. The summed E-state index contributed by atoms with van der Waals surface area (Å²) in [6, 6.07) is 0. The fraction of sp³-hybridized carbons (Fsp3) is 0.875. The van der Waals surface area contributed by atoms with Crippen LogP contribution in [0.25, 0.3) is 0 Å². The first kappa shape index (κ1) is 10.0. The van der Waals surface area contributed by atoms with Gasteiger partial charge in [0.05, 0.1) is 0 Å². The van der Waals surface area contributed by atoms with Crippen LogP contribution in [0.5, 0.6) is 0 Å². The standard InChI is InChI=1S/C8H16OS/c1-3-5-7-10-8(9)6-4-2/h3-7H2,1-2H3. The first-order valence-corrected chi connectivity index (χ1v) is 4.95. The summed E-state index contributed by atoms with van der Waals surface area (Å²) in [4.78, 5) is 10.9. The molecule has 0 amide bonds. The van der Waals surface area contributed by atoms with E-state index >= 15 is 0 Å². The van der Waals surface area contributed by atoms with E-state index in [2.05, 4.69) is 6.92 Å². The van der Waals surface area contributed by atoms with E-state index in [1.54, 1.807) is 0 Å². The zero-order chi connectivity index (χ0) is 7.82. The minimum Gasteiger partial charge on any atom is -0.287 e. The molecule has 0 spiro atoms. The molecule has 0 bridgehead atoms. The molecule has 0 saturated heterocycles. The Morgan fingerprint density at radius 1 is 1.30 bits per heavy atom. The van der Waals surface area contributed by atoms with Gasteiger partial charge in [-0.2, -0.15) is 0 Å². The third-order valence-electron chi connectivity index (χ3n) is 1.22. The number of carbonyl (C=O) groups is 1. The monoisotopic (exact) mass is 160 g/mol. The van der Waals surface area contributed by atoms with Crippen molar-refractivity contribution in [2.24, 2.45) is 0 Å². The Labute approximate surface area is 67.6 Å². The van der Waals surface area contributed by atoms with Crippen molar-refractivity contribution in [3.05, 3.63) is 0 Å². The molecule has 0 aromatic carbocycles. The molecule has 0 unspecified atom stereocenters. The molecule has 0 radical (unpaired) electrons. The first-order chi connectivity index (χ1) is 4.81. The maximum absolute atomic E-state index is 10.9. The van der Waals surface area contributed by atoms with Gasteiger partial charge in [0.15, 0.2) is 5.12 Å². The molecule has 2 heteroatoms. The minimum absolute atomic E-state index is 0.357. The van der Waals surface area contributed by atoms with Crippen molar-refractivity contribution in [1.82, 2.24) is 0 Å². The van der Waals surface area contributed by atoms with Gasteiger partial charge in [-0.1, -0.05) is 32.0 Å². The quantitative estimate of drug-likeness (QED) is 0.575. The van der Waals surface area contributed by atoms with Gasteiger partial charge in [0, 0.05) is 12.2 Å². The number of thioether (sulfide) groups is 1. The number of carbonyl (C=O) groups excluding carboxylic acids is 1. The first-order valence-electron chi connectivity index (χ1n) is 3.96. The van der Waals surface area contributed by atoms with Crippen LogP contribution in [0.3, 0.4) is 0 Å². The maximum atomic E-state index is 10.9. The highest BCUT2D eigenvalue weighted by atomic mass is 32.2. The van der Waals surface area contributed by atoms with E-state index in [1.807, 2.05) is 6.92 Å². The lowest BCUT2D eigenvalue weighted by molar-refractivity contribution is -0.111. The van der Waals surface area contributed by atoms with Crippen LogP contribution in [0.4, 0.5) is 0 Å². The topological polar surface area (TPSA) is 17.1 Å². The number of unbranched alkanes of at least 4 members (excludes halogenated alkanes) is 1. The number of rotatable bonds is 5. The lowest BCUT2D eigenvalue weighted by Gasteiger charge is -1.95. The fourth-order valence-corrected chi connectivity index (χ4v) is 1.62. The Balaban J connectivity index is 3.05.